The highest BCUT2D eigenvalue weighted by molar-refractivity contribution is 6.07. The number of urea groups is 1. The molecule has 1 fully saturated rings. The number of hydrogen-bond donors (Lipinski definition) is 1. The summed E-state index contributed by atoms with van der Waals surface area (Å²) in [7, 11) is 0. The third kappa shape index (κ3) is 4.13. The van der Waals surface area contributed by atoms with Gasteiger partial charge in [0.1, 0.15) is 17.8 Å². The Hall–Kier alpha value is -3.89. The highest BCUT2D eigenvalue weighted by atomic mass is 19.4. The molecule has 3 aromatic rings. The predicted octanol–water partition coefficient (Wildman–Crippen LogP) is 3.91. The smallest absolute Gasteiger partial charge is 0.419 e. The minimum Gasteiger partial charge on any atom is -0.419 e. The lowest BCUT2D eigenvalue weighted by atomic mass is 9.92. The van der Waals surface area contributed by atoms with Gasteiger partial charge in [-0.3, -0.25) is 9.69 Å². The summed E-state index contributed by atoms with van der Waals surface area (Å²) in [6, 6.07) is 11.4. The lowest BCUT2D eigenvalue weighted by Crippen LogP contribution is -2.40. The summed E-state index contributed by atoms with van der Waals surface area (Å²) in [5, 5.41) is 10.4. The first-order valence-corrected chi connectivity index (χ1v) is 9.45. The number of halogens is 3. The molecule has 1 N–H and O–H groups in total. The van der Waals surface area contributed by atoms with E-state index in [4.69, 9.17) is 4.42 Å². The first-order valence-electron chi connectivity index (χ1n) is 9.45. The molecule has 2 heterocycles. The van der Waals surface area contributed by atoms with Gasteiger partial charge in [0.2, 0.25) is 11.8 Å². The number of ether oxygens (including phenoxy) is 1. The van der Waals surface area contributed by atoms with Gasteiger partial charge in [0.15, 0.2) is 0 Å². The molecule has 0 radical (unpaired) electrons. The van der Waals surface area contributed by atoms with Crippen molar-refractivity contribution >= 4 is 11.9 Å². The Kier molecular flexibility index (Phi) is 5.11. The maximum Gasteiger partial charge on any atom is 0.573 e. The van der Waals surface area contributed by atoms with Crippen LogP contribution in [0.3, 0.4) is 0 Å². The number of nitrogens with zero attached hydrogens (tertiary/aromatic N) is 3. The Morgan fingerprint density at radius 2 is 1.72 bits per heavy atom. The highest BCUT2D eigenvalue weighted by Crippen LogP contribution is 2.32. The second kappa shape index (κ2) is 7.66. The summed E-state index contributed by atoms with van der Waals surface area (Å²) in [5.74, 6) is -0.743. The van der Waals surface area contributed by atoms with Crippen molar-refractivity contribution < 1.29 is 31.9 Å². The number of hydrogen-bond acceptors (Lipinski definition) is 6. The fourth-order valence-electron chi connectivity index (χ4n) is 3.29. The maximum absolute atomic E-state index is 13.0. The van der Waals surface area contributed by atoms with Crippen LogP contribution in [0.4, 0.5) is 18.0 Å². The van der Waals surface area contributed by atoms with E-state index >= 15 is 0 Å². The van der Waals surface area contributed by atoms with Crippen LogP contribution in [0.2, 0.25) is 0 Å². The van der Waals surface area contributed by atoms with E-state index in [9.17, 15) is 22.8 Å². The van der Waals surface area contributed by atoms with E-state index in [1.807, 2.05) is 31.2 Å². The zero-order valence-corrected chi connectivity index (χ0v) is 16.9. The predicted molar refractivity (Wildman–Crippen MR) is 104 cm³/mol. The van der Waals surface area contributed by atoms with Crippen molar-refractivity contribution in [2.24, 2.45) is 0 Å². The van der Waals surface area contributed by atoms with Gasteiger partial charge in [-0.15, -0.1) is 23.4 Å². The van der Waals surface area contributed by atoms with E-state index in [0.717, 1.165) is 22.6 Å². The number of imide groups is 1. The molecular formula is C21H17F3N4O4. The molecule has 1 aromatic heterocycles. The van der Waals surface area contributed by atoms with Crippen LogP contribution in [0.5, 0.6) is 5.75 Å². The second-order valence-corrected chi connectivity index (χ2v) is 7.39. The molecule has 166 valence electrons. The summed E-state index contributed by atoms with van der Waals surface area (Å²) in [5.41, 5.74) is 0.564. The minimum atomic E-state index is -4.83. The number of carbonyl (C=O) groups is 2. The summed E-state index contributed by atoms with van der Waals surface area (Å²) >= 11 is 0. The Labute approximate surface area is 180 Å². The zero-order chi connectivity index (χ0) is 23.1. The average molecular weight is 446 g/mol. The van der Waals surface area contributed by atoms with Crippen LogP contribution >= 0.6 is 0 Å². The van der Waals surface area contributed by atoms with Crippen LogP contribution in [0, 0.1) is 6.92 Å². The van der Waals surface area contributed by atoms with E-state index in [-0.39, 0.29) is 18.3 Å². The van der Waals surface area contributed by atoms with E-state index in [1.165, 1.54) is 19.1 Å². The molecule has 11 heteroatoms. The molecule has 0 aliphatic carbocycles. The Bertz CT molecular complexity index is 1160. The van der Waals surface area contributed by atoms with Gasteiger partial charge in [-0.05, 0) is 43.7 Å². The summed E-state index contributed by atoms with van der Waals surface area (Å²) in [4.78, 5) is 26.4. The molecule has 4 rings (SSSR count). The molecule has 0 saturated carbocycles. The fourth-order valence-corrected chi connectivity index (χ4v) is 3.29. The van der Waals surface area contributed by atoms with Gasteiger partial charge in [-0.1, -0.05) is 29.8 Å². The van der Waals surface area contributed by atoms with Crippen LogP contribution < -0.4 is 10.1 Å². The molecule has 0 bridgehead atoms. The molecule has 8 nitrogen and oxygen atoms in total. The van der Waals surface area contributed by atoms with Gasteiger partial charge in [-0.2, -0.15) is 0 Å². The Morgan fingerprint density at radius 3 is 2.34 bits per heavy atom. The number of rotatable bonds is 5. The van der Waals surface area contributed by atoms with Crippen molar-refractivity contribution in [3.63, 3.8) is 0 Å². The second-order valence-electron chi connectivity index (χ2n) is 7.39. The quantitative estimate of drug-likeness (QED) is 0.597. The summed E-state index contributed by atoms with van der Waals surface area (Å²) in [6.07, 6.45) is -4.83. The first kappa shape index (κ1) is 21.3. The zero-order valence-electron chi connectivity index (χ0n) is 16.9. The lowest BCUT2D eigenvalue weighted by Gasteiger charge is -2.22. The Morgan fingerprint density at radius 1 is 1.06 bits per heavy atom. The highest BCUT2D eigenvalue weighted by Gasteiger charge is 2.49. The summed E-state index contributed by atoms with van der Waals surface area (Å²) < 4.78 is 46.5. The van der Waals surface area contributed by atoms with Gasteiger partial charge < -0.3 is 14.5 Å². The molecule has 1 atom stereocenters. The number of nitrogens with one attached hydrogen (secondary N) is 1. The number of benzene rings is 2. The van der Waals surface area contributed by atoms with Crippen LogP contribution in [-0.4, -0.2) is 33.4 Å². The number of carbonyl (C=O) groups excluding carboxylic acids is 2. The maximum atomic E-state index is 13.0. The van der Waals surface area contributed by atoms with Crippen molar-refractivity contribution in [2.75, 3.05) is 0 Å². The van der Waals surface area contributed by atoms with Crippen molar-refractivity contribution in [2.45, 2.75) is 32.3 Å². The minimum absolute atomic E-state index is 0.0576. The first-order chi connectivity index (χ1) is 15.0. The lowest BCUT2D eigenvalue weighted by molar-refractivity contribution is -0.274. The molecule has 2 aromatic carbocycles. The Balaban J connectivity index is 1.51. The average Bonchev–Trinajstić information content (AvgIpc) is 3.27. The van der Waals surface area contributed by atoms with Crippen LogP contribution in [0.25, 0.3) is 11.5 Å². The number of aromatic nitrogens is 2. The SMILES string of the molecule is Cc1ccc(-c2nnc(CN3C(=O)NC(C)(c4ccc(OC(F)(F)F)cc4)C3=O)o2)cc1. The van der Waals surface area contributed by atoms with Crippen LogP contribution in [0.1, 0.15) is 23.9 Å². The van der Waals surface area contributed by atoms with E-state index in [1.54, 1.807) is 0 Å². The van der Waals surface area contributed by atoms with Crippen LogP contribution in [0.15, 0.2) is 52.9 Å². The largest absolute Gasteiger partial charge is 0.573 e. The third-order valence-corrected chi connectivity index (χ3v) is 5.00. The number of aryl methyl sites for hydroxylation is 1. The number of alkyl halides is 3. The molecule has 1 aliphatic heterocycles. The van der Waals surface area contributed by atoms with E-state index in [2.05, 4.69) is 20.3 Å². The molecule has 32 heavy (non-hydrogen) atoms. The fraction of sp³-hybridized carbons (Fsp3) is 0.238. The van der Waals surface area contributed by atoms with Crippen molar-refractivity contribution in [3.8, 4) is 17.2 Å². The molecule has 0 spiro atoms. The summed E-state index contributed by atoms with van der Waals surface area (Å²) in [6.45, 7) is 3.14. The molecule has 3 amide bonds. The van der Waals surface area contributed by atoms with Crippen molar-refractivity contribution in [1.29, 1.82) is 0 Å². The normalized spacial score (nSPS) is 18.7. The molecule has 1 aliphatic rings. The molecule has 1 saturated heterocycles. The van der Waals surface area contributed by atoms with Gasteiger partial charge in [-0.25, -0.2) is 4.79 Å². The van der Waals surface area contributed by atoms with Crippen molar-refractivity contribution in [3.05, 3.63) is 65.5 Å². The van der Waals surface area contributed by atoms with Gasteiger partial charge in [0.25, 0.3) is 5.91 Å². The third-order valence-electron chi connectivity index (χ3n) is 5.00. The van der Waals surface area contributed by atoms with E-state index < -0.39 is 29.6 Å². The molecule has 1 unspecified atom stereocenters. The molecular weight excluding hydrogens is 429 g/mol. The van der Waals surface area contributed by atoms with Gasteiger partial charge in [0, 0.05) is 5.56 Å². The standard InChI is InChI=1S/C21H17F3N4O4/c1-12-3-5-13(6-4-12)17-27-26-16(31-17)11-28-18(29)20(2,25-19(28)30)14-7-9-15(10-8-14)32-21(22,23)24/h3-10H,11H2,1-2H3,(H,25,30). The van der Waals surface area contributed by atoms with E-state index in [0.29, 0.717) is 11.1 Å². The van der Waals surface area contributed by atoms with Gasteiger partial charge >= 0.3 is 12.4 Å². The monoisotopic (exact) mass is 446 g/mol. The number of amides is 3. The van der Waals surface area contributed by atoms with Gasteiger partial charge in [0.05, 0.1) is 0 Å². The topological polar surface area (TPSA) is 97.6 Å². The van der Waals surface area contributed by atoms with Crippen LogP contribution in [-0.2, 0) is 16.9 Å². The van der Waals surface area contributed by atoms with Crippen molar-refractivity contribution in [1.82, 2.24) is 20.4 Å².